The highest BCUT2D eigenvalue weighted by Crippen LogP contribution is 2.32. The monoisotopic (exact) mass is 390 g/mol. The number of nitrogens with one attached hydrogen (secondary N) is 2. The van der Waals surface area contributed by atoms with Crippen molar-refractivity contribution in [1.29, 1.82) is 0 Å². The second-order valence-electron chi connectivity index (χ2n) is 7.24. The van der Waals surface area contributed by atoms with Crippen molar-refractivity contribution in [2.24, 2.45) is 5.92 Å². The Morgan fingerprint density at radius 1 is 1.04 bits per heavy atom. The van der Waals surface area contributed by atoms with Crippen LogP contribution >= 0.6 is 12.4 Å². The van der Waals surface area contributed by atoms with Crippen LogP contribution in [0.4, 0.5) is 5.95 Å². The van der Waals surface area contributed by atoms with Gasteiger partial charge in [-0.15, -0.1) is 12.4 Å². The summed E-state index contributed by atoms with van der Waals surface area (Å²) in [5.74, 6) is 1.32. The Kier molecular flexibility index (Phi) is 3.94. The van der Waals surface area contributed by atoms with Crippen LogP contribution in [0, 0.1) is 5.92 Å². The average Bonchev–Trinajstić information content (AvgIpc) is 3.42. The maximum absolute atomic E-state index is 4.96. The molecule has 4 heterocycles. The summed E-state index contributed by atoms with van der Waals surface area (Å²) in [6, 6.07) is 14.8. The average molecular weight is 391 g/mol. The number of hydrogen-bond donors (Lipinski definition) is 2. The summed E-state index contributed by atoms with van der Waals surface area (Å²) in [7, 11) is 0. The predicted molar refractivity (Wildman–Crippen MR) is 114 cm³/mol. The molecular weight excluding hydrogens is 372 g/mol. The van der Waals surface area contributed by atoms with Crippen molar-refractivity contribution in [2.45, 2.75) is 0 Å². The number of aromatic nitrogens is 4. The molecule has 0 radical (unpaired) electrons. The molecule has 6 rings (SSSR count). The minimum absolute atomic E-state index is 0. The lowest BCUT2D eigenvalue weighted by atomic mass is 10.0. The molecule has 2 aromatic carbocycles. The molecule has 140 valence electrons. The van der Waals surface area contributed by atoms with Gasteiger partial charge in [-0.3, -0.25) is 0 Å². The van der Waals surface area contributed by atoms with Gasteiger partial charge in [0.2, 0.25) is 5.95 Å². The van der Waals surface area contributed by atoms with Crippen molar-refractivity contribution >= 4 is 40.3 Å². The number of imidazole rings is 1. The second kappa shape index (κ2) is 6.49. The molecular formula is C21H19ClN6. The zero-order valence-corrected chi connectivity index (χ0v) is 15.9. The Bertz CT molecular complexity index is 1210. The number of halogens is 1. The third-order valence-electron chi connectivity index (χ3n) is 5.57. The summed E-state index contributed by atoms with van der Waals surface area (Å²) in [6.45, 7) is 2.84. The SMILES string of the molecule is C1=C2CN(c3nc(-c4ccc5ccccc5c4)c4[nH]cnc4n3)CC2CN1.Cl. The fourth-order valence-corrected chi connectivity index (χ4v) is 4.15. The van der Waals surface area contributed by atoms with Gasteiger partial charge in [-0.25, -0.2) is 9.97 Å². The molecule has 2 aliphatic heterocycles. The highest BCUT2D eigenvalue weighted by Gasteiger charge is 2.32. The van der Waals surface area contributed by atoms with Crippen LogP contribution in [0.2, 0.25) is 0 Å². The molecule has 0 spiro atoms. The van der Waals surface area contributed by atoms with Gasteiger partial charge in [-0.2, -0.15) is 4.98 Å². The number of fused-ring (bicyclic) bond motifs is 3. The van der Waals surface area contributed by atoms with E-state index in [1.807, 2.05) is 0 Å². The molecule has 4 aromatic rings. The molecule has 1 fully saturated rings. The van der Waals surface area contributed by atoms with Crippen LogP contribution in [0.15, 0.2) is 60.6 Å². The lowest BCUT2D eigenvalue weighted by Gasteiger charge is -2.17. The Morgan fingerprint density at radius 2 is 1.93 bits per heavy atom. The van der Waals surface area contributed by atoms with Gasteiger partial charge in [0.1, 0.15) is 11.2 Å². The standard InChI is InChI=1S/C21H18N6.ClH/c1-2-4-14-7-15(6-5-13(14)3-1)18-19-20(24-12-23-19)26-21(25-18)27-10-16-8-22-9-17(16)11-27;/h1-8,12,17,22H,9-11H2,(H,23,24,25,26);1H. The van der Waals surface area contributed by atoms with Crippen LogP contribution in [-0.4, -0.2) is 39.6 Å². The number of anilines is 1. The second-order valence-corrected chi connectivity index (χ2v) is 7.24. The van der Waals surface area contributed by atoms with E-state index in [0.717, 1.165) is 42.4 Å². The Morgan fingerprint density at radius 3 is 2.82 bits per heavy atom. The van der Waals surface area contributed by atoms with Crippen molar-refractivity contribution < 1.29 is 0 Å². The van der Waals surface area contributed by atoms with Crippen LogP contribution < -0.4 is 10.2 Å². The van der Waals surface area contributed by atoms with Crippen LogP contribution in [-0.2, 0) is 0 Å². The summed E-state index contributed by atoms with van der Waals surface area (Å²) in [6.07, 6.45) is 3.83. The molecule has 1 saturated heterocycles. The molecule has 0 amide bonds. The predicted octanol–water partition coefficient (Wildman–Crippen LogP) is 3.52. The van der Waals surface area contributed by atoms with Crippen LogP contribution in [0.3, 0.4) is 0 Å². The molecule has 0 bridgehead atoms. The summed E-state index contributed by atoms with van der Waals surface area (Å²) >= 11 is 0. The largest absolute Gasteiger partial charge is 0.390 e. The third-order valence-corrected chi connectivity index (χ3v) is 5.57. The van der Waals surface area contributed by atoms with Gasteiger partial charge in [0.05, 0.1) is 6.33 Å². The van der Waals surface area contributed by atoms with Crippen molar-refractivity contribution in [3.05, 3.63) is 60.6 Å². The van der Waals surface area contributed by atoms with E-state index in [1.165, 1.54) is 16.3 Å². The lowest BCUT2D eigenvalue weighted by Crippen LogP contribution is -2.25. The highest BCUT2D eigenvalue weighted by molar-refractivity contribution is 5.93. The van der Waals surface area contributed by atoms with Crippen molar-refractivity contribution in [1.82, 2.24) is 25.3 Å². The first-order valence-corrected chi connectivity index (χ1v) is 9.23. The maximum atomic E-state index is 4.96. The van der Waals surface area contributed by atoms with E-state index in [2.05, 4.69) is 68.8 Å². The first kappa shape index (κ1) is 17.0. The van der Waals surface area contributed by atoms with E-state index < -0.39 is 0 Å². The van der Waals surface area contributed by atoms with E-state index in [4.69, 9.17) is 9.97 Å². The zero-order valence-electron chi connectivity index (χ0n) is 15.1. The smallest absolute Gasteiger partial charge is 0.228 e. The molecule has 2 aliphatic rings. The fraction of sp³-hybridized carbons (Fsp3) is 0.190. The topological polar surface area (TPSA) is 69.7 Å². The first-order chi connectivity index (χ1) is 13.3. The molecule has 7 heteroatoms. The van der Waals surface area contributed by atoms with E-state index in [9.17, 15) is 0 Å². The van der Waals surface area contributed by atoms with Gasteiger partial charge in [-0.05, 0) is 28.6 Å². The Balaban J connectivity index is 0.00000171. The van der Waals surface area contributed by atoms with Crippen molar-refractivity contribution in [3.8, 4) is 11.3 Å². The van der Waals surface area contributed by atoms with Gasteiger partial charge in [0, 0.05) is 31.1 Å². The van der Waals surface area contributed by atoms with E-state index in [-0.39, 0.29) is 12.4 Å². The third kappa shape index (κ3) is 2.60. The van der Waals surface area contributed by atoms with Crippen LogP contribution in [0.25, 0.3) is 33.2 Å². The highest BCUT2D eigenvalue weighted by atomic mass is 35.5. The van der Waals surface area contributed by atoms with Crippen LogP contribution in [0.5, 0.6) is 0 Å². The maximum Gasteiger partial charge on any atom is 0.228 e. The number of hydrogen-bond acceptors (Lipinski definition) is 5. The van der Waals surface area contributed by atoms with Gasteiger partial charge < -0.3 is 15.2 Å². The molecule has 6 nitrogen and oxygen atoms in total. The number of H-pyrrole nitrogens is 1. The Labute approximate surface area is 168 Å². The number of benzene rings is 2. The molecule has 0 saturated carbocycles. The van der Waals surface area contributed by atoms with Gasteiger partial charge in [0.25, 0.3) is 0 Å². The minimum atomic E-state index is 0. The van der Waals surface area contributed by atoms with E-state index >= 15 is 0 Å². The molecule has 2 aromatic heterocycles. The molecule has 2 N–H and O–H groups in total. The molecule has 0 aliphatic carbocycles. The summed E-state index contributed by atoms with van der Waals surface area (Å²) < 4.78 is 0. The first-order valence-electron chi connectivity index (χ1n) is 9.23. The van der Waals surface area contributed by atoms with Crippen molar-refractivity contribution in [2.75, 3.05) is 24.5 Å². The zero-order chi connectivity index (χ0) is 17.8. The van der Waals surface area contributed by atoms with Gasteiger partial charge in [0.15, 0.2) is 5.65 Å². The number of aromatic amines is 1. The van der Waals surface area contributed by atoms with Crippen molar-refractivity contribution in [3.63, 3.8) is 0 Å². The quantitative estimate of drug-likeness (QED) is 0.548. The fourth-order valence-electron chi connectivity index (χ4n) is 4.15. The normalized spacial score (nSPS) is 18.1. The molecule has 28 heavy (non-hydrogen) atoms. The van der Waals surface area contributed by atoms with E-state index in [1.54, 1.807) is 6.33 Å². The summed E-state index contributed by atoms with van der Waals surface area (Å²) in [5.41, 5.74) is 5.02. The Hall–Kier alpha value is -3.12. The lowest BCUT2D eigenvalue weighted by molar-refractivity contribution is 0.673. The minimum Gasteiger partial charge on any atom is -0.390 e. The molecule has 1 atom stereocenters. The number of nitrogens with zero attached hydrogens (tertiary/aromatic N) is 4. The van der Waals surface area contributed by atoms with E-state index in [0.29, 0.717) is 11.6 Å². The molecule has 1 unspecified atom stereocenters. The number of rotatable bonds is 2. The summed E-state index contributed by atoms with van der Waals surface area (Å²) in [4.78, 5) is 19.6. The van der Waals surface area contributed by atoms with Crippen LogP contribution in [0.1, 0.15) is 0 Å². The van der Waals surface area contributed by atoms with Gasteiger partial charge >= 0.3 is 0 Å². The summed E-state index contributed by atoms with van der Waals surface area (Å²) in [5, 5.41) is 5.76. The van der Waals surface area contributed by atoms with Gasteiger partial charge in [-0.1, -0.05) is 36.4 Å².